The molecule has 2 rings (SSSR count). The summed E-state index contributed by atoms with van der Waals surface area (Å²) in [5.74, 6) is 0.798. The van der Waals surface area contributed by atoms with Crippen LogP contribution in [0.25, 0.3) is 0 Å². The maximum atomic E-state index is 11.8. The van der Waals surface area contributed by atoms with E-state index in [2.05, 4.69) is 10.6 Å². The van der Waals surface area contributed by atoms with E-state index in [-0.39, 0.29) is 18.5 Å². The fraction of sp³-hybridized carbons (Fsp3) is 0.267. The molecule has 0 bridgehead atoms. The van der Waals surface area contributed by atoms with Crippen molar-refractivity contribution >= 4 is 5.91 Å². The van der Waals surface area contributed by atoms with Crippen LogP contribution < -0.4 is 10.6 Å². The van der Waals surface area contributed by atoms with Crippen molar-refractivity contribution in [1.82, 2.24) is 10.6 Å². The second-order valence-electron chi connectivity index (χ2n) is 4.38. The fourth-order valence-corrected chi connectivity index (χ4v) is 1.83. The van der Waals surface area contributed by atoms with Gasteiger partial charge >= 0.3 is 0 Å². The molecule has 0 fully saturated rings. The lowest BCUT2D eigenvalue weighted by molar-refractivity contribution is -0.120. The van der Waals surface area contributed by atoms with Crippen molar-refractivity contribution < 1.29 is 9.21 Å². The zero-order valence-electron chi connectivity index (χ0n) is 10.9. The Kier molecular flexibility index (Phi) is 4.75. The second kappa shape index (κ2) is 6.75. The van der Waals surface area contributed by atoms with E-state index in [1.165, 1.54) is 0 Å². The molecule has 4 nitrogen and oxygen atoms in total. The van der Waals surface area contributed by atoms with Gasteiger partial charge in [0.25, 0.3) is 0 Å². The average molecular weight is 258 g/mol. The van der Waals surface area contributed by atoms with Crippen LogP contribution in [0.4, 0.5) is 0 Å². The molecule has 1 unspecified atom stereocenters. The Labute approximate surface area is 112 Å². The number of nitrogens with one attached hydrogen (secondary N) is 2. The van der Waals surface area contributed by atoms with Crippen molar-refractivity contribution in [3.05, 3.63) is 60.1 Å². The van der Waals surface area contributed by atoms with E-state index >= 15 is 0 Å². The first-order valence-corrected chi connectivity index (χ1v) is 6.33. The van der Waals surface area contributed by atoms with Gasteiger partial charge in [0.05, 0.1) is 25.4 Å². The van der Waals surface area contributed by atoms with Gasteiger partial charge in [0.15, 0.2) is 0 Å². The predicted molar refractivity (Wildman–Crippen MR) is 73.4 cm³/mol. The van der Waals surface area contributed by atoms with Crippen molar-refractivity contribution in [3.8, 4) is 0 Å². The molecule has 1 atom stereocenters. The number of amides is 1. The van der Waals surface area contributed by atoms with Gasteiger partial charge in [-0.2, -0.15) is 0 Å². The predicted octanol–water partition coefficient (Wildman–Crippen LogP) is 2.25. The summed E-state index contributed by atoms with van der Waals surface area (Å²) in [6.45, 7) is 2.80. The molecular weight excluding hydrogens is 240 g/mol. The Morgan fingerprint density at radius 3 is 2.68 bits per heavy atom. The molecule has 0 aliphatic heterocycles. The number of carbonyl (C=O) groups excluding carboxylic acids is 1. The lowest BCUT2D eigenvalue weighted by atomic mass is 10.1. The molecule has 2 N–H and O–H groups in total. The standard InChI is InChI=1S/C15H18N2O2/c1-12(13-6-3-2-4-7-13)17-15(18)11-16-10-14-8-5-9-19-14/h2-9,12,16H,10-11H2,1H3,(H,17,18). The zero-order valence-corrected chi connectivity index (χ0v) is 10.9. The summed E-state index contributed by atoms with van der Waals surface area (Å²) < 4.78 is 5.17. The van der Waals surface area contributed by atoms with Crippen molar-refractivity contribution in [2.45, 2.75) is 19.5 Å². The monoisotopic (exact) mass is 258 g/mol. The SMILES string of the molecule is CC(NC(=O)CNCc1ccco1)c1ccccc1. The number of hydrogen-bond donors (Lipinski definition) is 2. The molecule has 0 aliphatic rings. The van der Waals surface area contributed by atoms with Gasteiger partial charge in [0, 0.05) is 0 Å². The molecule has 0 saturated carbocycles. The second-order valence-corrected chi connectivity index (χ2v) is 4.38. The molecule has 19 heavy (non-hydrogen) atoms. The molecule has 0 radical (unpaired) electrons. The lowest BCUT2D eigenvalue weighted by Crippen LogP contribution is -2.35. The number of furan rings is 1. The first kappa shape index (κ1) is 13.4. The Morgan fingerprint density at radius 1 is 1.21 bits per heavy atom. The summed E-state index contributed by atoms with van der Waals surface area (Å²) in [6, 6.07) is 13.6. The minimum Gasteiger partial charge on any atom is -0.468 e. The van der Waals surface area contributed by atoms with Gasteiger partial charge in [-0.25, -0.2) is 0 Å². The minimum absolute atomic E-state index is 0.0131. The van der Waals surface area contributed by atoms with Gasteiger partial charge in [0.1, 0.15) is 5.76 Å². The molecule has 4 heteroatoms. The third kappa shape index (κ3) is 4.26. The van der Waals surface area contributed by atoms with E-state index in [9.17, 15) is 4.79 Å². The Hall–Kier alpha value is -2.07. The van der Waals surface area contributed by atoms with Crippen LogP contribution in [0.2, 0.25) is 0 Å². The van der Waals surface area contributed by atoms with Crippen LogP contribution in [-0.4, -0.2) is 12.5 Å². The molecule has 1 aromatic carbocycles. The van der Waals surface area contributed by atoms with E-state index in [0.29, 0.717) is 6.54 Å². The zero-order chi connectivity index (χ0) is 13.5. The largest absolute Gasteiger partial charge is 0.468 e. The van der Waals surface area contributed by atoms with Gasteiger partial charge in [-0.1, -0.05) is 30.3 Å². The molecule has 2 aromatic rings. The van der Waals surface area contributed by atoms with Crippen LogP contribution in [0.15, 0.2) is 53.1 Å². The van der Waals surface area contributed by atoms with Crippen LogP contribution >= 0.6 is 0 Å². The highest BCUT2D eigenvalue weighted by molar-refractivity contribution is 5.78. The third-order valence-electron chi connectivity index (χ3n) is 2.84. The van der Waals surface area contributed by atoms with E-state index in [1.54, 1.807) is 6.26 Å². The van der Waals surface area contributed by atoms with E-state index in [1.807, 2.05) is 49.4 Å². The number of hydrogen-bond acceptors (Lipinski definition) is 3. The van der Waals surface area contributed by atoms with E-state index < -0.39 is 0 Å². The molecule has 0 aliphatic carbocycles. The number of rotatable bonds is 6. The van der Waals surface area contributed by atoms with Gasteiger partial charge in [-0.3, -0.25) is 4.79 Å². The first-order chi connectivity index (χ1) is 9.25. The van der Waals surface area contributed by atoms with Crippen molar-refractivity contribution in [3.63, 3.8) is 0 Å². The highest BCUT2D eigenvalue weighted by Crippen LogP contribution is 2.10. The summed E-state index contributed by atoms with van der Waals surface area (Å²) in [6.07, 6.45) is 1.62. The molecule has 100 valence electrons. The Balaban J connectivity index is 1.72. The number of carbonyl (C=O) groups is 1. The van der Waals surface area contributed by atoms with Crippen LogP contribution in [0.5, 0.6) is 0 Å². The molecule has 1 aromatic heterocycles. The Morgan fingerprint density at radius 2 is 2.00 bits per heavy atom. The van der Waals surface area contributed by atoms with E-state index in [4.69, 9.17) is 4.42 Å². The van der Waals surface area contributed by atoms with Gasteiger partial charge in [-0.15, -0.1) is 0 Å². The normalized spacial score (nSPS) is 12.1. The average Bonchev–Trinajstić information content (AvgIpc) is 2.93. The van der Waals surface area contributed by atoms with Crippen molar-refractivity contribution in [2.75, 3.05) is 6.54 Å². The number of benzene rings is 1. The molecule has 1 amide bonds. The minimum atomic E-state index is -0.0251. The molecule has 0 spiro atoms. The van der Waals surface area contributed by atoms with E-state index in [0.717, 1.165) is 11.3 Å². The quantitative estimate of drug-likeness (QED) is 0.835. The highest BCUT2D eigenvalue weighted by atomic mass is 16.3. The fourth-order valence-electron chi connectivity index (χ4n) is 1.83. The summed E-state index contributed by atoms with van der Waals surface area (Å²) in [7, 11) is 0. The molecular formula is C15H18N2O2. The molecule has 1 heterocycles. The highest BCUT2D eigenvalue weighted by Gasteiger charge is 2.08. The van der Waals surface area contributed by atoms with Crippen LogP contribution in [0.1, 0.15) is 24.3 Å². The van der Waals surface area contributed by atoms with Gasteiger partial charge < -0.3 is 15.1 Å². The summed E-state index contributed by atoms with van der Waals surface area (Å²) in [5, 5.41) is 5.98. The van der Waals surface area contributed by atoms with Gasteiger partial charge in [-0.05, 0) is 24.6 Å². The van der Waals surface area contributed by atoms with Crippen molar-refractivity contribution in [1.29, 1.82) is 0 Å². The Bertz CT molecular complexity index is 494. The van der Waals surface area contributed by atoms with Crippen LogP contribution in [0, 0.1) is 0 Å². The summed E-state index contributed by atoms with van der Waals surface area (Å²) >= 11 is 0. The topological polar surface area (TPSA) is 54.3 Å². The maximum absolute atomic E-state index is 11.8. The molecule has 0 saturated heterocycles. The summed E-state index contributed by atoms with van der Waals surface area (Å²) in [4.78, 5) is 11.8. The van der Waals surface area contributed by atoms with Gasteiger partial charge in [0.2, 0.25) is 5.91 Å². The van der Waals surface area contributed by atoms with Crippen LogP contribution in [-0.2, 0) is 11.3 Å². The third-order valence-corrected chi connectivity index (χ3v) is 2.84. The lowest BCUT2D eigenvalue weighted by Gasteiger charge is -2.14. The maximum Gasteiger partial charge on any atom is 0.234 e. The first-order valence-electron chi connectivity index (χ1n) is 6.33. The van der Waals surface area contributed by atoms with Crippen LogP contribution in [0.3, 0.4) is 0 Å². The smallest absolute Gasteiger partial charge is 0.234 e. The summed E-state index contributed by atoms with van der Waals surface area (Å²) in [5.41, 5.74) is 1.10. The van der Waals surface area contributed by atoms with Crippen molar-refractivity contribution in [2.24, 2.45) is 0 Å².